The summed E-state index contributed by atoms with van der Waals surface area (Å²) in [7, 11) is 0. The molecule has 0 unspecified atom stereocenters. The lowest BCUT2D eigenvalue weighted by molar-refractivity contribution is 0.283. The summed E-state index contributed by atoms with van der Waals surface area (Å²) in [5.74, 6) is 2.87. The minimum absolute atomic E-state index is 0.404. The number of fused-ring (bicyclic) bond motifs is 2. The van der Waals surface area contributed by atoms with Crippen molar-refractivity contribution in [2.45, 2.75) is 114 Å². The van der Waals surface area contributed by atoms with E-state index in [1.54, 1.807) is 0 Å². The van der Waals surface area contributed by atoms with E-state index >= 15 is 0 Å². The highest BCUT2D eigenvalue weighted by Gasteiger charge is 2.28. The van der Waals surface area contributed by atoms with E-state index in [0.29, 0.717) is 5.41 Å². The number of ether oxygens (including phenoxy) is 1. The van der Waals surface area contributed by atoms with Gasteiger partial charge in [-0.2, -0.15) is 0 Å². The van der Waals surface area contributed by atoms with E-state index in [1.165, 1.54) is 35.4 Å². The Bertz CT molecular complexity index is 1470. The molecule has 1 aliphatic carbocycles. The van der Waals surface area contributed by atoms with Gasteiger partial charge >= 0.3 is 0 Å². The molecule has 0 atom stereocenters. The number of aromatic amines is 1. The van der Waals surface area contributed by atoms with Crippen molar-refractivity contribution in [2.24, 2.45) is 5.41 Å². The van der Waals surface area contributed by atoms with E-state index in [2.05, 4.69) is 106 Å². The zero-order valence-corrected chi connectivity index (χ0v) is 29.1. The summed E-state index contributed by atoms with van der Waals surface area (Å²) >= 11 is 0. The molecule has 7 heteroatoms. The molecule has 4 aromatic rings. The van der Waals surface area contributed by atoms with Crippen LogP contribution in [0.5, 0.6) is 5.75 Å². The first-order valence-corrected chi connectivity index (χ1v) is 16.7. The molecule has 3 heterocycles. The normalized spacial score (nSPS) is 13.5. The van der Waals surface area contributed by atoms with Crippen molar-refractivity contribution in [3.8, 4) is 16.9 Å². The molecule has 5 rings (SSSR count). The molecule has 0 spiro atoms. The lowest BCUT2D eigenvalue weighted by Crippen LogP contribution is -2.27. The van der Waals surface area contributed by atoms with Gasteiger partial charge in [0.25, 0.3) is 0 Å². The van der Waals surface area contributed by atoms with E-state index < -0.39 is 0 Å². The van der Waals surface area contributed by atoms with Gasteiger partial charge in [-0.05, 0) is 99.3 Å². The maximum absolute atomic E-state index is 5.81. The maximum atomic E-state index is 5.81. The molecule has 1 aliphatic rings. The summed E-state index contributed by atoms with van der Waals surface area (Å²) in [6.07, 6.45) is 8.57. The Morgan fingerprint density at radius 1 is 0.932 bits per heavy atom. The second-order valence-electron chi connectivity index (χ2n) is 12.6. The van der Waals surface area contributed by atoms with Crippen molar-refractivity contribution < 1.29 is 4.74 Å². The SMILES string of the molecule is CCC.CCCOc1ccc(-c2cnc3nc(C)[nH]c3c2)cc1CC.CCN(CC)Cc1nc(C)c2c(n1)CCC(C)(C)C2. The summed E-state index contributed by atoms with van der Waals surface area (Å²) in [6.45, 7) is 25.4. The third kappa shape index (κ3) is 9.59. The minimum Gasteiger partial charge on any atom is -0.493 e. The number of hydrogen-bond acceptors (Lipinski definition) is 6. The number of rotatable bonds is 9. The fraction of sp³-hybridized carbons (Fsp3) is 0.568. The van der Waals surface area contributed by atoms with E-state index in [9.17, 15) is 0 Å². The predicted molar refractivity (Wildman–Crippen MR) is 184 cm³/mol. The molecule has 0 radical (unpaired) electrons. The van der Waals surface area contributed by atoms with Gasteiger partial charge in [0.15, 0.2) is 5.65 Å². The average molecular weight is 601 g/mol. The molecule has 240 valence electrons. The molecule has 44 heavy (non-hydrogen) atoms. The lowest BCUT2D eigenvalue weighted by atomic mass is 9.75. The Morgan fingerprint density at radius 2 is 1.66 bits per heavy atom. The second kappa shape index (κ2) is 16.7. The first-order chi connectivity index (χ1) is 21.1. The van der Waals surface area contributed by atoms with Crippen LogP contribution in [0.1, 0.15) is 109 Å². The zero-order valence-electron chi connectivity index (χ0n) is 29.1. The third-order valence-electron chi connectivity index (χ3n) is 7.99. The van der Waals surface area contributed by atoms with Crippen LogP contribution in [0.4, 0.5) is 0 Å². The van der Waals surface area contributed by atoms with Crippen molar-refractivity contribution in [2.75, 3.05) is 19.7 Å². The van der Waals surface area contributed by atoms with Crippen LogP contribution in [0.3, 0.4) is 0 Å². The molecule has 7 nitrogen and oxygen atoms in total. The Kier molecular flexibility index (Phi) is 13.3. The molecule has 0 fully saturated rings. The molecule has 3 aromatic heterocycles. The van der Waals surface area contributed by atoms with E-state index in [1.807, 2.05) is 13.1 Å². The van der Waals surface area contributed by atoms with Crippen molar-refractivity contribution in [1.29, 1.82) is 0 Å². The number of aromatic nitrogens is 5. The highest BCUT2D eigenvalue weighted by atomic mass is 16.5. The summed E-state index contributed by atoms with van der Waals surface area (Å²) < 4.78 is 5.81. The number of aryl methyl sites for hydroxylation is 4. The van der Waals surface area contributed by atoms with Crippen molar-refractivity contribution in [3.05, 3.63) is 64.6 Å². The van der Waals surface area contributed by atoms with E-state index in [4.69, 9.17) is 14.7 Å². The Balaban J connectivity index is 0.000000223. The van der Waals surface area contributed by atoms with Crippen LogP contribution in [0.15, 0.2) is 30.5 Å². The van der Waals surface area contributed by atoms with E-state index in [0.717, 1.165) is 91.6 Å². The number of benzene rings is 1. The summed E-state index contributed by atoms with van der Waals surface area (Å²) in [5.41, 5.74) is 9.51. The lowest BCUT2D eigenvalue weighted by Gasteiger charge is -2.31. The number of pyridine rings is 1. The molecule has 0 amide bonds. The van der Waals surface area contributed by atoms with Crippen LogP contribution in [0, 0.1) is 19.3 Å². The van der Waals surface area contributed by atoms with Gasteiger partial charge in [0.2, 0.25) is 0 Å². The molecular weight excluding hydrogens is 544 g/mol. The standard InChI is InChI=1S/C18H21N3O.C16H27N3.C3H8/c1-4-8-22-17-7-6-14(9-13(17)5-2)15-10-16-18(19-11-15)21-12(3)20-16;1-6-19(7-2)11-15-17-12(3)13-10-16(4,5)9-8-14(13)18-15;1-3-2/h6-7,9-11H,4-5,8H2,1-3H3,(H,19,20,21);6-11H2,1-5H3;3H2,1-2H3. The topological polar surface area (TPSA) is 79.8 Å². The van der Waals surface area contributed by atoms with Crippen LogP contribution >= 0.6 is 0 Å². The number of nitrogens with zero attached hydrogens (tertiary/aromatic N) is 5. The molecule has 0 aliphatic heterocycles. The van der Waals surface area contributed by atoms with Gasteiger partial charge in [0, 0.05) is 23.1 Å². The molecule has 1 aromatic carbocycles. The highest BCUT2D eigenvalue weighted by molar-refractivity contribution is 5.78. The second-order valence-corrected chi connectivity index (χ2v) is 12.6. The summed E-state index contributed by atoms with van der Waals surface area (Å²) in [5, 5.41) is 0. The molecule has 0 saturated heterocycles. The minimum atomic E-state index is 0.404. The fourth-order valence-electron chi connectivity index (χ4n) is 5.46. The average Bonchev–Trinajstić information content (AvgIpc) is 3.39. The summed E-state index contributed by atoms with van der Waals surface area (Å²) in [6, 6.07) is 8.45. The monoisotopic (exact) mass is 600 g/mol. The Labute approximate surface area is 266 Å². The quantitative estimate of drug-likeness (QED) is 0.207. The molecule has 0 saturated carbocycles. The number of H-pyrrole nitrogens is 1. The fourth-order valence-corrected chi connectivity index (χ4v) is 5.46. The van der Waals surface area contributed by atoms with Crippen molar-refractivity contribution in [1.82, 2.24) is 29.8 Å². The van der Waals surface area contributed by atoms with Gasteiger partial charge in [0.05, 0.1) is 18.7 Å². The Hall–Kier alpha value is -3.32. The smallest absolute Gasteiger partial charge is 0.177 e. The predicted octanol–water partition coefficient (Wildman–Crippen LogP) is 8.84. The zero-order chi connectivity index (χ0) is 32.3. The van der Waals surface area contributed by atoms with Gasteiger partial charge in [-0.25, -0.2) is 19.9 Å². The largest absolute Gasteiger partial charge is 0.493 e. The van der Waals surface area contributed by atoms with Gasteiger partial charge in [-0.1, -0.05) is 67.9 Å². The molecule has 1 N–H and O–H groups in total. The number of hydrogen-bond donors (Lipinski definition) is 1. The Morgan fingerprint density at radius 3 is 2.32 bits per heavy atom. The first kappa shape index (κ1) is 35.2. The molecular formula is C37H56N6O. The number of nitrogens with one attached hydrogen (secondary N) is 1. The van der Waals surface area contributed by atoms with Crippen LogP contribution in [0.25, 0.3) is 22.3 Å². The van der Waals surface area contributed by atoms with Gasteiger partial charge < -0.3 is 9.72 Å². The summed E-state index contributed by atoms with van der Waals surface area (Å²) in [4.78, 5) is 23.9. The van der Waals surface area contributed by atoms with Crippen LogP contribution in [0.2, 0.25) is 0 Å². The van der Waals surface area contributed by atoms with E-state index in [-0.39, 0.29) is 0 Å². The highest BCUT2D eigenvalue weighted by Crippen LogP contribution is 2.35. The van der Waals surface area contributed by atoms with Gasteiger partial charge in [-0.3, -0.25) is 4.90 Å². The van der Waals surface area contributed by atoms with Crippen molar-refractivity contribution >= 4 is 11.2 Å². The van der Waals surface area contributed by atoms with Gasteiger partial charge in [0.1, 0.15) is 17.4 Å². The number of imidazole rings is 1. The maximum Gasteiger partial charge on any atom is 0.177 e. The van der Waals surface area contributed by atoms with Crippen LogP contribution in [-0.4, -0.2) is 49.5 Å². The third-order valence-corrected chi connectivity index (χ3v) is 7.99. The first-order valence-electron chi connectivity index (χ1n) is 16.7. The van der Waals surface area contributed by atoms with Crippen molar-refractivity contribution in [3.63, 3.8) is 0 Å². The van der Waals surface area contributed by atoms with Crippen LogP contribution < -0.4 is 4.74 Å². The van der Waals surface area contributed by atoms with Gasteiger partial charge in [-0.15, -0.1) is 0 Å². The molecule has 0 bridgehead atoms. The van der Waals surface area contributed by atoms with Crippen LogP contribution in [-0.2, 0) is 25.8 Å².